The van der Waals surface area contributed by atoms with Crippen LogP contribution in [-0.4, -0.2) is 38.8 Å². The molecule has 1 amide bonds. The molecule has 21 heavy (non-hydrogen) atoms. The van der Waals surface area contributed by atoms with Crippen LogP contribution in [0.2, 0.25) is 0 Å². The Bertz CT molecular complexity index is 524. The van der Waals surface area contributed by atoms with Crippen molar-refractivity contribution in [2.75, 3.05) is 43.5 Å². The molecule has 3 N–H and O–H groups in total. The molecule has 5 heteroatoms. The van der Waals surface area contributed by atoms with Gasteiger partial charge in [-0.1, -0.05) is 13.0 Å². The van der Waals surface area contributed by atoms with E-state index in [0.717, 1.165) is 56.1 Å². The Kier molecular flexibility index (Phi) is 4.01. The lowest BCUT2D eigenvalue weighted by molar-refractivity contribution is 0.0238. The van der Waals surface area contributed by atoms with Crippen LogP contribution in [0.25, 0.3) is 0 Å². The first-order chi connectivity index (χ1) is 10.2. The Morgan fingerprint density at radius 2 is 2.05 bits per heavy atom. The second-order valence-electron chi connectivity index (χ2n) is 6.19. The fraction of sp³-hybridized carbons (Fsp3) is 0.562. The lowest BCUT2D eigenvalue weighted by Gasteiger charge is -2.33. The van der Waals surface area contributed by atoms with E-state index < -0.39 is 0 Å². The van der Waals surface area contributed by atoms with Gasteiger partial charge in [0.05, 0.1) is 16.9 Å². The van der Waals surface area contributed by atoms with Crippen molar-refractivity contribution in [3.05, 3.63) is 23.8 Å². The maximum atomic E-state index is 12.5. The van der Waals surface area contributed by atoms with Crippen LogP contribution >= 0.6 is 0 Å². The molecule has 1 saturated heterocycles. The first-order valence-electron chi connectivity index (χ1n) is 7.65. The monoisotopic (exact) mass is 289 g/mol. The zero-order chi connectivity index (χ0) is 14.7. The highest BCUT2D eigenvalue weighted by Gasteiger charge is 2.28. The molecule has 0 atom stereocenters. The minimum atomic E-state index is -0.00392. The molecule has 114 valence electrons. The molecule has 0 radical (unpaired) electrons. The van der Waals surface area contributed by atoms with Crippen LogP contribution in [0.5, 0.6) is 0 Å². The molecule has 2 heterocycles. The number of para-hydroxylation sites is 1. The average Bonchev–Trinajstić information content (AvgIpc) is 2.53. The van der Waals surface area contributed by atoms with Gasteiger partial charge in [0.15, 0.2) is 0 Å². The highest BCUT2D eigenvalue weighted by atomic mass is 16.5. The van der Waals surface area contributed by atoms with Crippen molar-refractivity contribution in [2.45, 2.75) is 19.8 Å². The standard InChI is InChI=1S/C16H23N3O2/c1-16(5-9-21-10-6-16)11-19-15(20)12-3-2-4-13-14(12)18-8-7-17-13/h2-4,17-18H,5-11H2,1H3,(H,19,20). The van der Waals surface area contributed by atoms with Crippen molar-refractivity contribution in [3.8, 4) is 0 Å². The molecule has 1 fully saturated rings. The highest BCUT2D eigenvalue weighted by Crippen LogP contribution is 2.30. The SMILES string of the molecule is CC1(CNC(=O)c2cccc3c2NCCN3)CCOCC1. The van der Waals surface area contributed by atoms with Gasteiger partial charge in [-0.05, 0) is 30.4 Å². The van der Waals surface area contributed by atoms with E-state index in [2.05, 4.69) is 22.9 Å². The van der Waals surface area contributed by atoms with E-state index in [9.17, 15) is 4.79 Å². The Balaban J connectivity index is 1.68. The molecule has 0 aromatic heterocycles. The van der Waals surface area contributed by atoms with Crippen molar-refractivity contribution in [1.29, 1.82) is 0 Å². The quantitative estimate of drug-likeness (QED) is 0.797. The summed E-state index contributed by atoms with van der Waals surface area (Å²) in [7, 11) is 0. The number of fused-ring (bicyclic) bond motifs is 1. The summed E-state index contributed by atoms with van der Waals surface area (Å²) < 4.78 is 5.40. The zero-order valence-electron chi connectivity index (χ0n) is 12.5. The summed E-state index contributed by atoms with van der Waals surface area (Å²) >= 11 is 0. The summed E-state index contributed by atoms with van der Waals surface area (Å²) in [6.07, 6.45) is 2.00. The van der Waals surface area contributed by atoms with Gasteiger partial charge in [-0.2, -0.15) is 0 Å². The predicted octanol–water partition coefficient (Wildman–Crippen LogP) is 2.07. The lowest BCUT2D eigenvalue weighted by atomic mass is 9.82. The number of hydrogen-bond donors (Lipinski definition) is 3. The molecule has 3 rings (SSSR count). The second-order valence-corrected chi connectivity index (χ2v) is 6.19. The fourth-order valence-electron chi connectivity index (χ4n) is 2.89. The Labute approximate surface area is 125 Å². The summed E-state index contributed by atoms with van der Waals surface area (Å²) in [5.74, 6) is -0.00392. The van der Waals surface area contributed by atoms with Gasteiger partial charge in [0.25, 0.3) is 5.91 Å². The van der Waals surface area contributed by atoms with Crippen LogP contribution in [0.15, 0.2) is 18.2 Å². The van der Waals surface area contributed by atoms with Crippen LogP contribution in [0.3, 0.4) is 0 Å². The smallest absolute Gasteiger partial charge is 0.253 e. The summed E-state index contributed by atoms with van der Waals surface area (Å²) in [6, 6.07) is 5.79. The van der Waals surface area contributed by atoms with E-state index in [1.807, 2.05) is 18.2 Å². The third-order valence-electron chi connectivity index (χ3n) is 4.43. The molecule has 0 aliphatic carbocycles. The van der Waals surface area contributed by atoms with Gasteiger partial charge in [-0.15, -0.1) is 0 Å². The molecule has 0 saturated carbocycles. The van der Waals surface area contributed by atoms with E-state index in [1.165, 1.54) is 0 Å². The van der Waals surface area contributed by atoms with Crippen LogP contribution in [0.1, 0.15) is 30.1 Å². The summed E-state index contributed by atoms with van der Waals surface area (Å²) in [5.41, 5.74) is 2.79. The fourth-order valence-corrected chi connectivity index (χ4v) is 2.89. The van der Waals surface area contributed by atoms with Crippen LogP contribution in [-0.2, 0) is 4.74 Å². The molecule has 0 bridgehead atoms. The second kappa shape index (κ2) is 5.93. The molecule has 2 aliphatic heterocycles. The van der Waals surface area contributed by atoms with Gasteiger partial charge in [0, 0.05) is 32.8 Å². The van der Waals surface area contributed by atoms with Gasteiger partial charge in [0.2, 0.25) is 0 Å². The highest BCUT2D eigenvalue weighted by molar-refractivity contribution is 6.02. The van der Waals surface area contributed by atoms with Gasteiger partial charge in [0.1, 0.15) is 0 Å². The zero-order valence-corrected chi connectivity index (χ0v) is 12.5. The number of hydrogen-bond acceptors (Lipinski definition) is 4. The van der Waals surface area contributed by atoms with Gasteiger partial charge < -0.3 is 20.7 Å². The van der Waals surface area contributed by atoms with Crippen molar-refractivity contribution < 1.29 is 9.53 Å². The van der Waals surface area contributed by atoms with Crippen molar-refractivity contribution in [2.24, 2.45) is 5.41 Å². The maximum Gasteiger partial charge on any atom is 0.253 e. The molecule has 1 aromatic rings. The van der Waals surface area contributed by atoms with E-state index in [4.69, 9.17) is 4.74 Å². The first kappa shape index (κ1) is 14.2. The average molecular weight is 289 g/mol. The van der Waals surface area contributed by atoms with E-state index in [1.54, 1.807) is 0 Å². The van der Waals surface area contributed by atoms with E-state index in [-0.39, 0.29) is 11.3 Å². The Hall–Kier alpha value is -1.75. The third kappa shape index (κ3) is 3.13. The Morgan fingerprint density at radius 3 is 2.86 bits per heavy atom. The molecule has 2 aliphatic rings. The molecule has 0 spiro atoms. The lowest BCUT2D eigenvalue weighted by Crippen LogP contribution is -2.39. The molecule has 0 unspecified atom stereocenters. The molecule has 5 nitrogen and oxygen atoms in total. The maximum absolute atomic E-state index is 12.5. The summed E-state index contributed by atoms with van der Waals surface area (Å²) in [4.78, 5) is 12.5. The minimum Gasteiger partial charge on any atom is -0.382 e. The van der Waals surface area contributed by atoms with Crippen LogP contribution in [0, 0.1) is 5.41 Å². The summed E-state index contributed by atoms with van der Waals surface area (Å²) in [6.45, 7) is 6.22. The topological polar surface area (TPSA) is 62.4 Å². The normalized spacial score (nSPS) is 19.9. The van der Waals surface area contributed by atoms with E-state index in [0.29, 0.717) is 6.54 Å². The number of amides is 1. The van der Waals surface area contributed by atoms with Crippen LogP contribution in [0.4, 0.5) is 11.4 Å². The van der Waals surface area contributed by atoms with Crippen LogP contribution < -0.4 is 16.0 Å². The molecular formula is C16H23N3O2. The predicted molar refractivity (Wildman–Crippen MR) is 83.9 cm³/mol. The number of ether oxygens (including phenoxy) is 1. The summed E-state index contributed by atoms with van der Waals surface area (Å²) in [5, 5.41) is 9.73. The van der Waals surface area contributed by atoms with Gasteiger partial charge in [-0.3, -0.25) is 4.79 Å². The van der Waals surface area contributed by atoms with Gasteiger partial charge >= 0.3 is 0 Å². The van der Waals surface area contributed by atoms with E-state index >= 15 is 0 Å². The number of anilines is 2. The van der Waals surface area contributed by atoms with Gasteiger partial charge in [-0.25, -0.2) is 0 Å². The third-order valence-corrected chi connectivity index (χ3v) is 4.43. The number of carbonyl (C=O) groups is 1. The number of nitrogens with one attached hydrogen (secondary N) is 3. The number of carbonyl (C=O) groups excluding carboxylic acids is 1. The van der Waals surface area contributed by atoms with Crippen molar-refractivity contribution >= 4 is 17.3 Å². The number of rotatable bonds is 3. The minimum absolute atomic E-state index is 0.00392. The number of benzene rings is 1. The Morgan fingerprint density at radius 1 is 1.29 bits per heavy atom. The molecule has 1 aromatic carbocycles. The largest absolute Gasteiger partial charge is 0.382 e. The molecular weight excluding hydrogens is 266 g/mol. The van der Waals surface area contributed by atoms with Crippen molar-refractivity contribution in [1.82, 2.24) is 5.32 Å². The van der Waals surface area contributed by atoms with Crippen molar-refractivity contribution in [3.63, 3.8) is 0 Å². The first-order valence-corrected chi connectivity index (χ1v) is 7.65.